The minimum Gasteiger partial charge on any atom is -0.495 e. The molecule has 0 aliphatic heterocycles. The first-order valence-electron chi connectivity index (χ1n) is 5.94. The third kappa shape index (κ3) is 3.19. The number of hydrogen-bond acceptors (Lipinski definition) is 3. The molecule has 0 bridgehead atoms. The van der Waals surface area contributed by atoms with Crippen molar-refractivity contribution in [3.05, 3.63) is 52.8 Å². The van der Waals surface area contributed by atoms with Gasteiger partial charge in [-0.2, -0.15) is 0 Å². The summed E-state index contributed by atoms with van der Waals surface area (Å²) in [5.41, 5.74) is 0.233. The number of rotatable bonds is 4. The van der Waals surface area contributed by atoms with Crippen LogP contribution in [0.2, 0.25) is 0 Å². The van der Waals surface area contributed by atoms with Gasteiger partial charge < -0.3 is 4.74 Å². The Morgan fingerprint density at radius 2 is 1.90 bits per heavy atom. The van der Waals surface area contributed by atoms with Crippen LogP contribution < -0.4 is 9.04 Å². The average Bonchev–Trinajstić information content (AvgIpc) is 2.46. The highest BCUT2D eigenvalue weighted by Gasteiger charge is 2.25. The summed E-state index contributed by atoms with van der Waals surface area (Å²) in [4.78, 5) is 0.00568. The molecule has 0 spiro atoms. The third-order valence-corrected chi connectivity index (χ3v) is 5.24. The number of nitrogens with zero attached hydrogens (tertiary/aromatic N) is 1. The van der Waals surface area contributed by atoms with Crippen LogP contribution in [0.15, 0.2) is 51.8 Å². The van der Waals surface area contributed by atoms with E-state index in [2.05, 4.69) is 15.9 Å². The van der Waals surface area contributed by atoms with Gasteiger partial charge in [-0.05, 0) is 36.4 Å². The van der Waals surface area contributed by atoms with Gasteiger partial charge >= 0.3 is 0 Å². The van der Waals surface area contributed by atoms with Crippen molar-refractivity contribution in [1.29, 1.82) is 0 Å². The molecule has 0 aliphatic rings. The Hall–Kier alpha value is -1.60. The Bertz CT molecular complexity index is 765. The first-order chi connectivity index (χ1) is 9.86. The second-order valence-corrected chi connectivity index (χ2v) is 7.10. The first-order valence-corrected chi connectivity index (χ1v) is 8.17. The molecule has 4 nitrogen and oxygen atoms in total. The zero-order chi connectivity index (χ0) is 15.6. The summed E-state index contributed by atoms with van der Waals surface area (Å²) in [6, 6.07) is 10.1. The van der Waals surface area contributed by atoms with Crippen molar-refractivity contribution in [3.63, 3.8) is 0 Å². The summed E-state index contributed by atoms with van der Waals surface area (Å²) < 4.78 is 45.3. The van der Waals surface area contributed by atoms with Gasteiger partial charge in [-0.1, -0.05) is 22.0 Å². The number of sulfonamides is 1. The Morgan fingerprint density at radius 3 is 2.52 bits per heavy atom. The van der Waals surface area contributed by atoms with Crippen LogP contribution in [0.25, 0.3) is 0 Å². The molecule has 0 radical (unpaired) electrons. The number of hydrogen-bond donors (Lipinski definition) is 0. The van der Waals surface area contributed by atoms with Gasteiger partial charge in [0.25, 0.3) is 10.0 Å². The quantitative estimate of drug-likeness (QED) is 0.824. The normalized spacial score (nSPS) is 11.2. The summed E-state index contributed by atoms with van der Waals surface area (Å²) in [6.45, 7) is 0. The van der Waals surface area contributed by atoms with Crippen molar-refractivity contribution in [2.45, 2.75) is 4.90 Å². The van der Waals surface area contributed by atoms with Crippen molar-refractivity contribution in [2.75, 3.05) is 18.5 Å². The van der Waals surface area contributed by atoms with E-state index in [-0.39, 0.29) is 16.3 Å². The van der Waals surface area contributed by atoms with Crippen LogP contribution >= 0.6 is 15.9 Å². The van der Waals surface area contributed by atoms with Gasteiger partial charge in [-0.25, -0.2) is 12.8 Å². The fourth-order valence-electron chi connectivity index (χ4n) is 1.81. The van der Waals surface area contributed by atoms with Gasteiger partial charge in [-0.3, -0.25) is 4.31 Å². The predicted molar refractivity (Wildman–Crippen MR) is 82.7 cm³/mol. The minimum atomic E-state index is -3.86. The molecule has 21 heavy (non-hydrogen) atoms. The van der Waals surface area contributed by atoms with E-state index in [1.54, 1.807) is 12.1 Å². The predicted octanol–water partition coefficient (Wildman–Crippen LogP) is 3.42. The Labute approximate surface area is 131 Å². The summed E-state index contributed by atoms with van der Waals surface area (Å²) in [7, 11) is -1.10. The van der Waals surface area contributed by atoms with Gasteiger partial charge in [0.2, 0.25) is 0 Å². The molecule has 7 heteroatoms. The molecule has 0 fully saturated rings. The van der Waals surface area contributed by atoms with E-state index in [1.165, 1.54) is 38.4 Å². The van der Waals surface area contributed by atoms with Crippen molar-refractivity contribution >= 4 is 31.6 Å². The van der Waals surface area contributed by atoms with Crippen molar-refractivity contribution in [2.24, 2.45) is 0 Å². The van der Waals surface area contributed by atoms with Crippen LogP contribution in [0, 0.1) is 5.82 Å². The molecule has 112 valence electrons. The molecule has 0 saturated heterocycles. The molecule has 0 heterocycles. The molecule has 2 rings (SSSR count). The average molecular weight is 374 g/mol. The SMILES string of the molecule is COc1ccc(Br)cc1S(=O)(=O)N(C)c1cccc(F)c1. The maximum atomic E-state index is 13.3. The molecule has 2 aromatic carbocycles. The molecular formula is C14H13BrFNO3S. The number of benzene rings is 2. The summed E-state index contributed by atoms with van der Waals surface area (Å²) in [5, 5.41) is 0. The molecule has 0 saturated carbocycles. The summed E-state index contributed by atoms with van der Waals surface area (Å²) in [6.07, 6.45) is 0. The van der Waals surface area contributed by atoms with Crippen LogP contribution in [0.3, 0.4) is 0 Å². The minimum absolute atomic E-state index is 0.00568. The van der Waals surface area contributed by atoms with Crippen LogP contribution in [0.5, 0.6) is 5.75 Å². The third-order valence-electron chi connectivity index (χ3n) is 2.94. The zero-order valence-electron chi connectivity index (χ0n) is 11.4. The maximum absolute atomic E-state index is 13.3. The lowest BCUT2D eigenvalue weighted by Gasteiger charge is -2.21. The van der Waals surface area contributed by atoms with E-state index in [4.69, 9.17) is 4.74 Å². The second kappa shape index (κ2) is 6.03. The van der Waals surface area contributed by atoms with E-state index in [9.17, 15) is 12.8 Å². The van der Waals surface area contributed by atoms with E-state index in [0.717, 1.165) is 10.4 Å². The molecule has 0 atom stereocenters. The van der Waals surface area contributed by atoms with E-state index >= 15 is 0 Å². The van der Waals surface area contributed by atoms with Crippen LogP contribution in [-0.2, 0) is 10.0 Å². The monoisotopic (exact) mass is 373 g/mol. The van der Waals surface area contributed by atoms with Gasteiger partial charge in [-0.15, -0.1) is 0 Å². The molecule has 0 aliphatic carbocycles. The lowest BCUT2D eigenvalue weighted by Crippen LogP contribution is -2.27. The number of anilines is 1. The molecular weight excluding hydrogens is 361 g/mol. The fourth-order valence-corrected chi connectivity index (χ4v) is 3.69. The smallest absolute Gasteiger partial charge is 0.267 e. The van der Waals surface area contributed by atoms with Gasteiger partial charge in [0.1, 0.15) is 16.5 Å². The van der Waals surface area contributed by atoms with Crippen LogP contribution in [0.4, 0.5) is 10.1 Å². The number of halogens is 2. The number of methoxy groups -OCH3 is 1. The van der Waals surface area contributed by atoms with Crippen LogP contribution in [0.1, 0.15) is 0 Å². The zero-order valence-corrected chi connectivity index (χ0v) is 13.8. The van der Waals surface area contributed by atoms with Crippen molar-refractivity contribution < 1.29 is 17.5 Å². The molecule has 0 aromatic heterocycles. The van der Waals surface area contributed by atoms with Gasteiger partial charge in [0, 0.05) is 11.5 Å². The highest BCUT2D eigenvalue weighted by molar-refractivity contribution is 9.10. The van der Waals surface area contributed by atoms with E-state index in [1.807, 2.05) is 0 Å². The highest BCUT2D eigenvalue weighted by Crippen LogP contribution is 2.31. The highest BCUT2D eigenvalue weighted by atomic mass is 79.9. The van der Waals surface area contributed by atoms with E-state index < -0.39 is 15.8 Å². The Balaban J connectivity index is 2.54. The Morgan fingerprint density at radius 1 is 1.19 bits per heavy atom. The lowest BCUT2D eigenvalue weighted by molar-refractivity contribution is 0.402. The summed E-state index contributed by atoms with van der Waals surface area (Å²) >= 11 is 3.24. The Kier molecular flexibility index (Phi) is 4.53. The standard InChI is InChI=1S/C14H13BrFNO3S/c1-17(12-5-3-4-11(16)9-12)21(18,19)14-8-10(15)6-7-13(14)20-2/h3-9H,1-2H3. The van der Waals surface area contributed by atoms with E-state index in [0.29, 0.717) is 4.47 Å². The largest absolute Gasteiger partial charge is 0.495 e. The topological polar surface area (TPSA) is 46.6 Å². The first kappa shape index (κ1) is 15.8. The van der Waals surface area contributed by atoms with Gasteiger partial charge in [0.05, 0.1) is 12.8 Å². The van der Waals surface area contributed by atoms with Gasteiger partial charge in [0.15, 0.2) is 0 Å². The van der Waals surface area contributed by atoms with Crippen LogP contribution in [-0.4, -0.2) is 22.6 Å². The molecule has 0 amide bonds. The molecule has 0 N–H and O–H groups in total. The molecule has 2 aromatic rings. The van der Waals surface area contributed by atoms with Crippen molar-refractivity contribution in [3.8, 4) is 5.75 Å². The second-order valence-electron chi connectivity index (χ2n) is 4.25. The number of ether oxygens (including phenoxy) is 1. The molecule has 0 unspecified atom stereocenters. The fraction of sp³-hybridized carbons (Fsp3) is 0.143. The maximum Gasteiger partial charge on any atom is 0.267 e. The van der Waals surface area contributed by atoms with Crippen molar-refractivity contribution in [1.82, 2.24) is 0 Å². The summed E-state index contributed by atoms with van der Waals surface area (Å²) in [5.74, 6) is -0.280. The lowest BCUT2D eigenvalue weighted by atomic mass is 10.3.